The van der Waals surface area contributed by atoms with Gasteiger partial charge in [-0.3, -0.25) is 14.9 Å². The lowest BCUT2D eigenvalue weighted by molar-refractivity contribution is -0.147. The highest BCUT2D eigenvalue weighted by molar-refractivity contribution is 9.10. The van der Waals surface area contributed by atoms with E-state index in [9.17, 15) is 14.4 Å². The van der Waals surface area contributed by atoms with Crippen molar-refractivity contribution in [2.45, 2.75) is 17.9 Å². The number of rotatable bonds is 6. The number of amides is 3. The minimum atomic E-state index is -0.978. The Morgan fingerprint density at radius 3 is 2.52 bits per heavy atom. The van der Waals surface area contributed by atoms with Gasteiger partial charge in [0.15, 0.2) is 6.61 Å². The van der Waals surface area contributed by atoms with Crippen molar-refractivity contribution in [3.05, 3.63) is 34.3 Å². The predicted molar refractivity (Wildman–Crippen MR) is 83.6 cm³/mol. The minimum Gasteiger partial charge on any atom is -0.455 e. The van der Waals surface area contributed by atoms with Crippen LogP contribution in [0.1, 0.15) is 12.5 Å². The first kappa shape index (κ1) is 17.5. The van der Waals surface area contributed by atoms with Gasteiger partial charge in [-0.1, -0.05) is 28.1 Å². The molecule has 1 aromatic carbocycles. The molecule has 0 aliphatic carbocycles. The van der Waals surface area contributed by atoms with Crippen LogP contribution in [0, 0.1) is 0 Å². The number of carbonyl (C=O) groups is 3. The lowest BCUT2D eigenvalue weighted by atomic mass is 10.2. The van der Waals surface area contributed by atoms with Crippen molar-refractivity contribution in [2.24, 2.45) is 5.73 Å². The molecule has 3 amide bonds. The monoisotopic (exact) mass is 374 g/mol. The third kappa shape index (κ3) is 7.14. The second-order valence-electron chi connectivity index (χ2n) is 4.10. The van der Waals surface area contributed by atoms with Crippen molar-refractivity contribution >= 4 is 45.6 Å². The molecule has 0 aliphatic heterocycles. The molecule has 0 unspecified atom stereocenters. The Morgan fingerprint density at radius 2 is 1.95 bits per heavy atom. The van der Waals surface area contributed by atoms with E-state index < -0.39 is 29.8 Å². The second-order valence-corrected chi connectivity index (χ2v) is 6.34. The molecule has 0 saturated carbocycles. The minimum absolute atomic E-state index is 0.421. The number of thioether (sulfide) groups is 1. The van der Waals surface area contributed by atoms with E-state index in [1.54, 1.807) is 6.92 Å². The number of primary amides is 1. The van der Waals surface area contributed by atoms with Gasteiger partial charge in [0.1, 0.15) is 0 Å². The fraction of sp³-hybridized carbons (Fsp3) is 0.308. The maximum atomic E-state index is 11.7. The summed E-state index contributed by atoms with van der Waals surface area (Å²) in [5.74, 6) is -0.616. The van der Waals surface area contributed by atoms with Gasteiger partial charge in [0.05, 0.1) is 5.25 Å². The maximum Gasteiger partial charge on any atom is 0.319 e. The van der Waals surface area contributed by atoms with E-state index in [4.69, 9.17) is 10.5 Å². The summed E-state index contributed by atoms with van der Waals surface area (Å²) in [4.78, 5) is 33.2. The fourth-order valence-electron chi connectivity index (χ4n) is 1.30. The molecule has 0 bridgehead atoms. The molecule has 8 heteroatoms. The standard InChI is InChI=1S/C13H15BrN2O4S/c1-8(12(18)20-6-11(17)16-13(15)19)21-7-9-2-4-10(14)5-3-9/h2-5,8H,6-7H2,1H3,(H3,15,16,17,19)/t8-/m0/s1. The summed E-state index contributed by atoms with van der Waals surface area (Å²) in [6.07, 6.45) is 0. The van der Waals surface area contributed by atoms with Crippen molar-refractivity contribution in [1.82, 2.24) is 5.32 Å². The SMILES string of the molecule is C[C@H](SCc1ccc(Br)cc1)C(=O)OCC(=O)NC(N)=O. The molecular weight excluding hydrogens is 360 g/mol. The van der Waals surface area contributed by atoms with E-state index in [0.29, 0.717) is 5.75 Å². The summed E-state index contributed by atoms with van der Waals surface area (Å²) in [6, 6.07) is 6.78. The zero-order valence-corrected chi connectivity index (χ0v) is 13.7. The zero-order valence-electron chi connectivity index (χ0n) is 11.3. The summed E-state index contributed by atoms with van der Waals surface area (Å²) in [7, 11) is 0. The van der Waals surface area contributed by atoms with Gasteiger partial charge in [-0.15, -0.1) is 11.8 Å². The highest BCUT2D eigenvalue weighted by Gasteiger charge is 2.17. The molecule has 0 saturated heterocycles. The molecule has 21 heavy (non-hydrogen) atoms. The topological polar surface area (TPSA) is 98.5 Å². The molecule has 1 rings (SSSR count). The number of carbonyl (C=O) groups excluding carboxylic acids is 3. The highest BCUT2D eigenvalue weighted by Crippen LogP contribution is 2.20. The molecule has 6 nitrogen and oxygen atoms in total. The van der Waals surface area contributed by atoms with E-state index in [1.807, 2.05) is 29.6 Å². The van der Waals surface area contributed by atoms with Gasteiger partial charge >= 0.3 is 12.0 Å². The number of halogens is 1. The van der Waals surface area contributed by atoms with Crippen LogP contribution in [-0.2, 0) is 20.1 Å². The summed E-state index contributed by atoms with van der Waals surface area (Å²) in [5.41, 5.74) is 5.84. The van der Waals surface area contributed by atoms with Crippen LogP contribution in [0.25, 0.3) is 0 Å². The third-order valence-corrected chi connectivity index (χ3v) is 4.07. The molecule has 0 fully saturated rings. The molecule has 0 aliphatic rings. The van der Waals surface area contributed by atoms with E-state index >= 15 is 0 Å². The Bertz CT molecular complexity index is 521. The molecule has 3 N–H and O–H groups in total. The smallest absolute Gasteiger partial charge is 0.319 e. The van der Waals surface area contributed by atoms with Crippen molar-refractivity contribution in [3.8, 4) is 0 Å². The highest BCUT2D eigenvalue weighted by atomic mass is 79.9. The van der Waals surface area contributed by atoms with E-state index in [2.05, 4.69) is 15.9 Å². The summed E-state index contributed by atoms with van der Waals surface area (Å²) in [5, 5.41) is 1.39. The van der Waals surface area contributed by atoms with Crippen LogP contribution < -0.4 is 11.1 Å². The van der Waals surface area contributed by atoms with Crippen LogP contribution in [0.3, 0.4) is 0 Å². The first-order valence-corrected chi connectivity index (χ1v) is 7.84. The Labute approximate surface area is 134 Å². The average molecular weight is 375 g/mol. The van der Waals surface area contributed by atoms with Crippen LogP contribution in [0.5, 0.6) is 0 Å². The van der Waals surface area contributed by atoms with Gasteiger partial charge < -0.3 is 10.5 Å². The van der Waals surface area contributed by atoms with Gasteiger partial charge in [0.25, 0.3) is 5.91 Å². The van der Waals surface area contributed by atoms with Gasteiger partial charge in [-0.2, -0.15) is 0 Å². The Kier molecular flexibility index (Phi) is 7.24. The normalized spacial score (nSPS) is 11.5. The summed E-state index contributed by atoms with van der Waals surface area (Å²) >= 11 is 4.74. The lowest BCUT2D eigenvalue weighted by Gasteiger charge is -2.11. The number of urea groups is 1. The van der Waals surface area contributed by atoms with Crippen LogP contribution in [0.4, 0.5) is 4.79 Å². The summed E-state index contributed by atoms with van der Waals surface area (Å²) in [6.45, 7) is 1.17. The van der Waals surface area contributed by atoms with Crippen LogP contribution in [0.2, 0.25) is 0 Å². The molecule has 1 atom stereocenters. The van der Waals surface area contributed by atoms with Crippen molar-refractivity contribution < 1.29 is 19.1 Å². The van der Waals surface area contributed by atoms with Gasteiger partial charge in [-0.05, 0) is 24.6 Å². The number of esters is 1. The Morgan fingerprint density at radius 1 is 1.33 bits per heavy atom. The Balaban J connectivity index is 2.32. The molecule has 0 aromatic heterocycles. The predicted octanol–water partition coefficient (Wildman–Crippen LogP) is 1.81. The van der Waals surface area contributed by atoms with Gasteiger partial charge in [0.2, 0.25) is 0 Å². The van der Waals surface area contributed by atoms with Crippen molar-refractivity contribution in [1.29, 1.82) is 0 Å². The van der Waals surface area contributed by atoms with E-state index in [0.717, 1.165) is 10.0 Å². The number of benzene rings is 1. The molecule has 0 radical (unpaired) electrons. The van der Waals surface area contributed by atoms with Gasteiger partial charge in [-0.25, -0.2) is 4.79 Å². The van der Waals surface area contributed by atoms with Crippen molar-refractivity contribution in [2.75, 3.05) is 6.61 Å². The van der Waals surface area contributed by atoms with Crippen LogP contribution in [0.15, 0.2) is 28.7 Å². The molecular formula is C13H15BrN2O4S. The number of imide groups is 1. The zero-order chi connectivity index (χ0) is 15.8. The number of hydrogen-bond donors (Lipinski definition) is 2. The average Bonchev–Trinajstić information content (AvgIpc) is 2.43. The first-order valence-electron chi connectivity index (χ1n) is 6.00. The van der Waals surface area contributed by atoms with E-state index in [1.165, 1.54) is 11.8 Å². The molecule has 0 spiro atoms. The quantitative estimate of drug-likeness (QED) is 0.739. The summed E-state index contributed by atoms with van der Waals surface area (Å²) < 4.78 is 5.78. The maximum absolute atomic E-state index is 11.7. The number of nitrogens with one attached hydrogen (secondary N) is 1. The van der Waals surface area contributed by atoms with Crippen LogP contribution in [-0.4, -0.2) is 29.8 Å². The number of nitrogens with two attached hydrogens (primary N) is 1. The van der Waals surface area contributed by atoms with E-state index in [-0.39, 0.29) is 0 Å². The fourth-order valence-corrected chi connectivity index (χ4v) is 2.40. The first-order chi connectivity index (χ1) is 9.88. The van der Waals surface area contributed by atoms with Gasteiger partial charge in [0, 0.05) is 10.2 Å². The van der Waals surface area contributed by atoms with Crippen molar-refractivity contribution in [3.63, 3.8) is 0 Å². The largest absolute Gasteiger partial charge is 0.455 e. The molecule has 0 heterocycles. The molecule has 1 aromatic rings. The second kappa shape index (κ2) is 8.68. The molecule has 114 valence electrons. The number of ether oxygens (including phenoxy) is 1. The van der Waals surface area contributed by atoms with Crippen LogP contribution >= 0.6 is 27.7 Å². The lowest BCUT2D eigenvalue weighted by Crippen LogP contribution is -2.38. The Hall–Kier alpha value is -1.54. The third-order valence-electron chi connectivity index (χ3n) is 2.35. The number of hydrogen-bond acceptors (Lipinski definition) is 5.